The Labute approximate surface area is 128 Å². The van der Waals surface area contributed by atoms with Crippen LogP contribution in [0.4, 0.5) is 5.69 Å². The van der Waals surface area contributed by atoms with Crippen LogP contribution in [-0.4, -0.2) is 23.6 Å². The Morgan fingerprint density at radius 3 is 2.65 bits per heavy atom. The van der Waals surface area contributed by atoms with Crippen molar-refractivity contribution in [3.8, 4) is 0 Å². The van der Waals surface area contributed by atoms with Crippen molar-refractivity contribution in [2.24, 2.45) is 0 Å². The fraction of sp³-hybridized carbons (Fsp3) is 0.250. The monoisotopic (exact) mass is 334 g/mol. The molecule has 0 bridgehead atoms. The molecule has 0 saturated heterocycles. The molecular formula is C16H19BrN2O. The van der Waals surface area contributed by atoms with Crippen LogP contribution < -0.4 is 5.73 Å². The maximum Gasteiger partial charge on any atom is 0.0917 e. The number of benzene rings is 2. The SMILES string of the molecule is CN(Cc1cccc(Br)c1)CC(O)c1cccc(N)c1. The number of hydrogen-bond acceptors (Lipinski definition) is 3. The van der Waals surface area contributed by atoms with E-state index in [1.165, 1.54) is 5.56 Å². The highest BCUT2D eigenvalue weighted by Crippen LogP contribution is 2.18. The molecule has 0 amide bonds. The van der Waals surface area contributed by atoms with Crippen molar-refractivity contribution in [3.05, 3.63) is 64.1 Å². The van der Waals surface area contributed by atoms with Gasteiger partial charge in [0.05, 0.1) is 6.10 Å². The van der Waals surface area contributed by atoms with E-state index in [0.717, 1.165) is 16.6 Å². The summed E-state index contributed by atoms with van der Waals surface area (Å²) in [7, 11) is 2.00. The Bertz CT molecular complexity index is 574. The summed E-state index contributed by atoms with van der Waals surface area (Å²) >= 11 is 3.47. The Balaban J connectivity index is 1.95. The Morgan fingerprint density at radius 1 is 1.20 bits per heavy atom. The van der Waals surface area contributed by atoms with Gasteiger partial charge in [-0.15, -0.1) is 0 Å². The predicted octanol–water partition coefficient (Wildman–Crippen LogP) is 3.20. The van der Waals surface area contributed by atoms with Crippen LogP contribution in [0.1, 0.15) is 17.2 Å². The topological polar surface area (TPSA) is 49.5 Å². The molecule has 0 spiro atoms. The van der Waals surface area contributed by atoms with Gasteiger partial charge in [0.2, 0.25) is 0 Å². The standard InChI is InChI=1S/C16H19BrN2O/c1-19(10-12-4-2-6-14(17)8-12)11-16(20)13-5-3-7-15(18)9-13/h2-9,16,20H,10-11,18H2,1H3. The summed E-state index contributed by atoms with van der Waals surface area (Å²) in [6.45, 7) is 1.36. The van der Waals surface area contributed by atoms with Crippen molar-refractivity contribution in [1.82, 2.24) is 4.90 Å². The molecule has 2 rings (SSSR count). The predicted molar refractivity (Wildman–Crippen MR) is 86.3 cm³/mol. The molecular weight excluding hydrogens is 316 g/mol. The van der Waals surface area contributed by atoms with Crippen LogP contribution in [0, 0.1) is 0 Å². The fourth-order valence-corrected chi connectivity index (χ4v) is 2.63. The van der Waals surface area contributed by atoms with Gasteiger partial charge < -0.3 is 10.8 Å². The first kappa shape index (κ1) is 15.0. The van der Waals surface area contributed by atoms with Crippen LogP contribution >= 0.6 is 15.9 Å². The third-order valence-electron chi connectivity index (χ3n) is 3.12. The summed E-state index contributed by atoms with van der Waals surface area (Å²) in [6.07, 6.45) is -0.532. The van der Waals surface area contributed by atoms with E-state index in [-0.39, 0.29) is 0 Å². The minimum absolute atomic E-state index is 0.532. The van der Waals surface area contributed by atoms with E-state index < -0.39 is 6.10 Å². The molecule has 0 aliphatic heterocycles. The number of nitrogen functional groups attached to an aromatic ring is 1. The molecule has 4 heteroatoms. The van der Waals surface area contributed by atoms with Crippen LogP contribution in [-0.2, 0) is 6.54 Å². The van der Waals surface area contributed by atoms with E-state index in [1.54, 1.807) is 0 Å². The lowest BCUT2D eigenvalue weighted by atomic mass is 10.1. The first-order valence-electron chi connectivity index (χ1n) is 6.51. The molecule has 0 aromatic heterocycles. The first-order valence-corrected chi connectivity index (χ1v) is 7.30. The van der Waals surface area contributed by atoms with E-state index in [0.29, 0.717) is 12.2 Å². The van der Waals surface area contributed by atoms with E-state index >= 15 is 0 Å². The van der Waals surface area contributed by atoms with Crippen molar-refractivity contribution in [2.45, 2.75) is 12.6 Å². The molecule has 0 aliphatic rings. The van der Waals surface area contributed by atoms with Crippen molar-refractivity contribution in [3.63, 3.8) is 0 Å². The Morgan fingerprint density at radius 2 is 1.95 bits per heavy atom. The van der Waals surface area contributed by atoms with E-state index in [2.05, 4.69) is 33.0 Å². The molecule has 20 heavy (non-hydrogen) atoms. The van der Waals surface area contributed by atoms with Gasteiger partial charge >= 0.3 is 0 Å². The van der Waals surface area contributed by atoms with Crippen LogP contribution in [0.5, 0.6) is 0 Å². The minimum atomic E-state index is -0.532. The van der Waals surface area contributed by atoms with E-state index in [1.807, 2.05) is 43.4 Å². The van der Waals surface area contributed by atoms with Crippen molar-refractivity contribution in [2.75, 3.05) is 19.3 Å². The van der Waals surface area contributed by atoms with Crippen LogP contribution in [0.25, 0.3) is 0 Å². The number of halogens is 1. The summed E-state index contributed by atoms with van der Waals surface area (Å²) in [5.41, 5.74) is 8.48. The number of rotatable bonds is 5. The molecule has 0 aliphatic carbocycles. The quantitative estimate of drug-likeness (QED) is 0.825. The largest absolute Gasteiger partial charge is 0.399 e. The average Bonchev–Trinajstić information content (AvgIpc) is 2.38. The normalized spacial score (nSPS) is 12.6. The summed E-state index contributed by atoms with van der Waals surface area (Å²) in [6, 6.07) is 15.6. The van der Waals surface area contributed by atoms with Gasteiger partial charge in [0.1, 0.15) is 0 Å². The molecule has 0 saturated carbocycles. The van der Waals surface area contributed by atoms with Crippen LogP contribution in [0.2, 0.25) is 0 Å². The number of nitrogens with zero attached hydrogens (tertiary/aromatic N) is 1. The van der Waals surface area contributed by atoms with E-state index in [9.17, 15) is 5.11 Å². The molecule has 0 heterocycles. The lowest BCUT2D eigenvalue weighted by Crippen LogP contribution is -2.24. The summed E-state index contributed by atoms with van der Waals surface area (Å²) in [5, 5.41) is 10.2. The smallest absolute Gasteiger partial charge is 0.0917 e. The fourth-order valence-electron chi connectivity index (χ4n) is 2.18. The number of hydrogen-bond donors (Lipinski definition) is 2. The van der Waals surface area contributed by atoms with Crippen molar-refractivity contribution in [1.29, 1.82) is 0 Å². The summed E-state index contributed by atoms with van der Waals surface area (Å²) < 4.78 is 1.07. The molecule has 1 atom stereocenters. The van der Waals surface area contributed by atoms with Gasteiger partial charge in [0.15, 0.2) is 0 Å². The van der Waals surface area contributed by atoms with Crippen molar-refractivity contribution >= 4 is 21.6 Å². The number of anilines is 1. The van der Waals surface area contributed by atoms with Crippen molar-refractivity contribution < 1.29 is 5.11 Å². The van der Waals surface area contributed by atoms with Gasteiger partial charge in [0.25, 0.3) is 0 Å². The number of aliphatic hydroxyl groups excluding tert-OH is 1. The molecule has 2 aromatic carbocycles. The number of aliphatic hydroxyl groups is 1. The summed E-state index contributed by atoms with van der Waals surface area (Å²) in [5.74, 6) is 0. The third kappa shape index (κ3) is 4.34. The number of likely N-dealkylation sites (N-methyl/N-ethyl adjacent to an activating group) is 1. The first-order chi connectivity index (χ1) is 9.54. The van der Waals surface area contributed by atoms with Crippen LogP contribution in [0.15, 0.2) is 53.0 Å². The lowest BCUT2D eigenvalue weighted by molar-refractivity contribution is 0.124. The number of nitrogens with two attached hydrogens (primary N) is 1. The van der Waals surface area contributed by atoms with Gasteiger partial charge in [-0.1, -0.05) is 40.2 Å². The molecule has 2 aromatic rings. The second kappa shape index (κ2) is 6.88. The zero-order valence-corrected chi connectivity index (χ0v) is 13.0. The second-order valence-electron chi connectivity index (χ2n) is 5.01. The lowest BCUT2D eigenvalue weighted by Gasteiger charge is -2.21. The molecule has 0 fully saturated rings. The second-order valence-corrected chi connectivity index (χ2v) is 5.93. The Hall–Kier alpha value is -1.36. The van der Waals surface area contributed by atoms with E-state index in [4.69, 9.17) is 5.73 Å². The average molecular weight is 335 g/mol. The van der Waals surface area contributed by atoms with Gasteiger partial charge in [-0.05, 0) is 42.4 Å². The highest BCUT2D eigenvalue weighted by Gasteiger charge is 2.11. The highest BCUT2D eigenvalue weighted by molar-refractivity contribution is 9.10. The minimum Gasteiger partial charge on any atom is -0.399 e. The van der Waals surface area contributed by atoms with Gasteiger partial charge in [-0.25, -0.2) is 0 Å². The van der Waals surface area contributed by atoms with Gasteiger partial charge in [0, 0.05) is 23.2 Å². The molecule has 3 nitrogen and oxygen atoms in total. The molecule has 3 N–H and O–H groups in total. The zero-order valence-electron chi connectivity index (χ0n) is 11.5. The molecule has 1 unspecified atom stereocenters. The summed E-state index contributed by atoms with van der Waals surface area (Å²) in [4.78, 5) is 2.09. The molecule has 106 valence electrons. The van der Waals surface area contributed by atoms with Crippen LogP contribution in [0.3, 0.4) is 0 Å². The maximum absolute atomic E-state index is 10.2. The van der Waals surface area contributed by atoms with Gasteiger partial charge in [-0.2, -0.15) is 0 Å². The molecule has 0 radical (unpaired) electrons. The highest BCUT2D eigenvalue weighted by atomic mass is 79.9. The zero-order chi connectivity index (χ0) is 14.5. The van der Waals surface area contributed by atoms with Gasteiger partial charge in [-0.3, -0.25) is 4.90 Å². The third-order valence-corrected chi connectivity index (χ3v) is 3.61. The maximum atomic E-state index is 10.2. The Kier molecular flexibility index (Phi) is 5.17.